The fraction of sp³-hybridized carbons (Fsp3) is 0.857. The number of aliphatic imine (C=N–C) groups is 1. The van der Waals surface area contributed by atoms with Crippen LogP contribution < -0.4 is 5.73 Å². The molecule has 4 nitrogen and oxygen atoms in total. The van der Waals surface area contributed by atoms with Gasteiger partial charge in [-0.2, -0.15) is 0 Å². The van der Waals surface area contributed by atoms with Crippen LogP contribution in [0.5, 0.6) is 0 Å². The van der Waals surface area contributed by atoms with Gasteiger partial charge in [-0.15, -0.1) is 0 Å². The fourth-order valence-electron chi connectivity index (χ4n) is 1.67. The highest BCUT2D eigenvalue weighted by Gasteiger charge is 2.43. The molecular formula is C7H13N3O. The van der Waals surface area contributed by atoms with Crippen molar-refractivity contribution in [3.8, 4) is 0 Å². The van der Waals surface area contributed by atoms with Gasteiger partial charge in [-0.3, -0.25) is 4.99 Å². The summed E-state index contributed by atoms with van der Waals surface area (Å²) in [6.45, 7) is 2.41. The van der Waals surface area contributed by atoms with E-state index in [-0.39, 0.29) is 5.54 Å². The molecule has 4 heteroatoms. The van der Waals surface area contributed by atoms with Gasteiger partial charge in [-0.05, 0) is 6.42 Å². The zero-order valence-corrected chi connectivity index (χ0v) is 6.71. The van der Waals surface area contributed by atoms with Crippen LogP contribution in [-0.2, 0) is 4.74 Å². The largest absolute Gasteiger partial charge is 0.379 e. The molecule has 0 aromatic rings. The van der Waals surface area contributed by atoms with E-state index in [1.54, 1.807) is 0 Å². The van der Waals surface area contributed by atoms with Gasteiger partial charge in [-0.1, -0.05) is 0 Å². The molecule has 1 unspecified atom stereocenters. The number of nitrogens with two attached hydrogens (primary N) is 1. The zero-order valence-electron chi connectivity index (χ0n) is 6.71. The number of guanidine groups is 1. The lowest BCUT2D eigenvalue weighted by molar-refractivity contribution is 0.145. The van der Waals surface area contributed by atoms with E-state index in [1.807, 2.05) is 11.9 Å². The molecule has 2 heterocycles. The van der Waals surface area contributed by atoms with Crippen molar-refractivity contribution < 1.29 is 4.74 Å². The summed E-state index contributed by atoms with van der Waals surface area (Å²) in [6.07, 6.45) is 1.05. The first-order valence-corrected chi connectivity index (χ1v) is 3.86. The molecule has 0 aromatic carbocycles. The highest BCUT2D eigenvalue weighted by Crippen LogP contribution is 2.28. The van der Waals surface area contributed by atoms with Gasteiger partial charge in [0.15, 0.2) is 5.96 Å². The molecule has 1 spiro atoms. The molecule has 11 heavy (non-hydrogen) atoms. The Morgan fingerprint density at radius 2 is 2.55 bits per heavy atom. The molecule has 0 saturated carbocycles. The van der Waals surface area contributed by atoms with Gasteiger partial charge in [0.2, 0.25) is 0 Å². The van der Waals surface area contributed by atoms with Crippen LogP contribution >= 0.6 is 0 Å². The number of nitrogens with zero attached hydrogens (tertiary/aromatic N) is 2. The molecule has 0 aromatic heterocycles. The maximum atomic E-state index is 5.65. The van der Waals surface area contributed by atoms with Crippen LogP contribution in [0.4, 0.5) is 0 Å². The van der Waals surface area contributed by atoms with Crippen molar-refractivity contribution in [2.45, 2.75) is 12.0 Å². The van der Waals surface area contributed by atoms with Crippen molar-refractivity contribution in [2.75, 3.05) is 26.8 Å². The van der Waals surface area contributed by atoms with Gasteiger partial charge in [-0.25, -0.2) is 0 Å². The van der Waals surface area contributed by atoms with E-state index in [1.165, 1.54) is 0 Å². The van der Waals surface area contributed by atoms with Crippen LogP contribution in [0.15, 0.2) is 4.99 Å². The Labute approximate surface area is 66.0 Å². The molecule has 0 radical (unpaired) electrons. The van der Waals surface area contributed by atoms with Gasteiger partial charge < -0.3 is 15.4 Å². The normalized spacial score (nSPS) is 36.8. The summed E-state index contributed by atoms with van der Waals surface area (Å²) in [5.41, 5.74) is 5.75. The van der Waals surface area contributed by atoms with Gasteiger partial charge in [0, 0.05) is 13.7 Å². The summed E-state index contributed by atoms with van der Waals surface area (Å²) in [7, 11) is 1.99. The van der Waals surface area contributed by atoms with Crippen molar-refractivity contribution in [3.05, 3.63) is 0 Å². The number of ether oxygens (including phenoxy) is 1. The molecule has 62 valence electrons. The third-order valence-electron chi connectivity index (χ3n) is 2.67. The minimum absolute atomic E-state index is 0.101. The van der Waals surface area contributed by atoms with Gasteiger partial charge in [0.05, 0.1) is 18.7 Å². The Kier molecular flexibility index (Phi) is 1.32. The topological polar surface area (TPSA) is 50.8 Å². The summed E-state index contributed by atoms with van der Waals surface area (Å²) in [5.74, 6) is 0.649. The lowest BCUT2D eigenvalue weighted by atomic mass is 9.99. The Hall–Kier alpha value is -0.770. The van der Waals surface area contributed by atoms with Crippen molar-refractivity contribution in [3.63, 3.8) is 0 Å². The van der Waals surface area contributed by atoms with Crippen molar-refractivity contribution in [2.24, 2.45) is 10.7 Å². The van der Waals surface area contributed by atoms with Crippen molar-refractivity contribution in [1.82, 2.24) is 4.90 Å². The fourth-order valence-corrected chi connectivity index (χ4v) is 1.67. The number of hydrogen-bond donors (Lipinski definition) is 1. The molecule has 0 aliphatic carbocycles. The first-order valence-electron chi connectivity index (χ1n) is 3.86. The van der Waals surface area contributed by atoms with Gasteiger partial charge >= 0.3 is 0 Å². The first kappa shape index (κ1) is 6.91. The Bertz CT molecular complexity index is 196. The zero-order chi connectivity index (χ0) is 7.90. The van der Waals surface area contributed by atoms with E-state index in [9.17, 15) is 0 Å². The van der Waals surface area contributed by atoms with Gasteiger partial charge in [0.1, 0.15) is 0 Å². The van der Waals surface area contributed by atoms with Crippen LogP contribution in [0.1, 0.15) is 6.42 Å². The quantitative estimate of drug-likeness (QED) is 0.508. The van der Waals surface area contributed by atoms with Crippen LogP contribution in [0.25, 0.3) is 0 Å². The predicted molar refractivity (Wildman–Crippen MR) is 42.4 cm³/mol. The Morgan fingerprint density at radius 3 is 3.00 bits per heavy atom. The van der Waals surface area contributed by atoms with Gasteiger partial charge in [0.25, 0.3) is 0 Å². The van der Waals surface area contributed by atoms with Crippen LogP contribution in [0.3, 0.4) is 0 Å². The standard InChI is InChI=1S/C7H13N3O/c1-10-6(8)9-4-7(10)2-3-11-5-7/h2-5H2,1H3,(H2,8,9). The predicted octanol–water partition coefficient (Wildman–Crippen LogP) is -0.594. The van der Waals surface area contributed by atoms with E-state index in [4.69, 9.17) is 10.5 Å². The second kappa shape index (κ2) is 2.11. The molecule has 0 bridgehead atoms. The molecule has 2 rings (SSSR count). The molecule has 1 saturated heterocycles. The molecule has 2 aliphatic rings. The SMILES string of the molecule is CN1C(N)=NCC12CCOC2. The average Bonchev–Trinajstić information content (AvgIpc) is 2.56. The Balaban J connectivity index is 2.18. The van der Waals surface area contributed by atoms with Crippen LogP contribution in [0.2, 0.25) is 0 Å². The molecule has 0 amide bonds. The minimum atomic E-state index is 0.101. The average molecular weight is 155 g/mol. The number of rotatable bonds is 0. The number of likely N-dealkylation sites (N-methyl/N-ethyl adjacent to an activating group) is 1. The highest BCUT2D eigenvalue weighted by atomic mass is 16.5. The molecular weight excluding hydrogens is 142 g/mol. The second-order valence-corrected chi connectivity index (χ2v) is 3.26. The minimum Gasteiger partial charge on any atom is -0.379 e. The summed E-state index contributed by atoms with van der Waals surface area (Å²) in [4.78, 5) is 6.23. The number of hydrogen-bond acceptors (Lipinski definition) is 4. The molecule has 2 aliphatic heterocycles. The lowest BCUT2D eigenvalue weighted by Crippen LogP contribution is -2.49. The summed E-state index contributed by atoms with van der Waals surface area (Å²) in [5, 5.41) is 0. The Morgan fingerprint density at radius 1 is 1.73 bits per heavy atom. The molecule has 1 atom stereocenters. The summed E-state index contributed by atoms with van der Waals surface area (Å²) >= 11 is 0. The monoisotopic (exact) mass is 155 g/mol. The smallest absolute Gasteiger partial charge is 0.191 e. The molecule has 2 N–H and O–H groups in total. The lowest BCUT2D eigenvalue weighted by Gasteiger charge is -2.30. The third-order valence-corrected chi connectivity index (χ3v) is 2.67. The van der Waals surface area contributed by atoms with E-state index in [0.717, 1.165) is 26.2 Å². The van der Waals surface area contributed by atoms with E-state index in [0.29, 0.717) is 5.96 Å². The first-order chi connectivity index (χ1) is 5.25. The highest BCUT2D eigenvalue weighted by molar-refractivity contribution is 5.80. The van der Waals surface area contributed by atoms with Crippen molar-refractivity contribution in [1.29, 1.82) is 0 Å². The van der Waals surface area contributed by atoms with Crippen LogP contribution in [0, 0.1) is 0 Å². The van der Waals surface area contributed by atoms with Crippen LogP contribution in [-0.4, -0.2) is 43.2 Å². The maximum Gasteiger partial charge on any atom is 0.191 e. The third kappa shape index (κ3) is 0.822. The maximum absolute atomic E-state index is 5.65. The molecule has 1 fully saturated rings. The summed E-state index contributed by atoms with van der Waals surface area (Å²) < 4.78 is 5.33. The van der Waals surface area contributed by atoms with E-state index < -0.39 is 0 Å². The summed E-state index contributed by atoms with van der Waals surface area (Å²) in [6, 6.07) is 0. The van der Waals surface area contributed by atoms with E-state index >= 15 is 0 Å². The second-order valence-electron chi connectivity index (χ2n) is 3.26. The van der Waals surface area contributed by atoms with E-state index in [2.05, 4.69) is 4.99 Å². The van der Waals surface area contributed by atoms with Crippen molar-refractivity contribution >= 4 is 5.96 Å².